The van der Waals surface area contributed by atoms with Crippen molar-refractivity contribution in [2.24, 2.45) is 4.36 Å². The van der Waals surface area contributed by atoms with Crippen LogP contribution in [0.2, 0.25) is 5.15 Å². The minimum atomic E-state index is -2.31. The Kier molecular flexibility index (Phi) is 5.28. The van der Waals surface area contributed by atoms with Gasteiger partial charge in [-0.3, -0.25) is 0 Å². The van der Waals surface area contributed by atoms with Gasteiger partial charge in [-0.1, -0.05) is 11.6 Å². The zero-order chi connectivity index (χ0) is 19.9. The molecule has 1 aliphatic carbocycles. The first-order chi connectivity index (χ1) is 13.3. The highest BCUT2D eigenvalue weighted by molar-refractivity contribution is 7.93. The second-order valence-electron chi connectivity index (χ2n) is 7.50. The van der Waals surface area contributed by atoms with Crippen LogP contribution in [0.15, 0.2) is 22.6 Å². The molecule has 2 aromatic heterocycles. The number of pyridine rings is 1. The smallest absolute Gasteiger partial charge is 0.167 e. The van der Waals surface area contributed by atoms with Crippen molar-refractivity contribution in [1.29, 1.82) is 0 Å². The van der Waals surface area contributed by atoms with Crippen molar-refractivity contribution in [3.63, 3.8) is 0 Å². The summed E-state index contributed by atoms with van der Waals surface area (Å²) in [6, 6.07) is 5.64. The van der Waals surface area contributed by atoms with Crippen molar-refractivity contribution in [3.05, 3.63) is 29.0 Å². The molecular formula is C19H24ClN5O2S. The van der Waals surface area contributed by atoms with E-state index in [-0.39, 0.29) is 11.3 Å². The fraction of sp³-hybridized carbons (Fsp3) is 0.526. The highest BCUT2D eigenvalue weighted by Gasteiger charge is 2.31. The molecule has 150 valence electrons. The third-order valence-electron chi connectivity index (χ3n) is 4.96. The van der Waals surface area contributed by atoms with E-state index in [1.165, 1.54) is 0 Å². The maximum atomic E-state index is 12.9. The quantitative estimate of drug-likeness (QED) is 0.701. The van der Waals surface area contributed by atoms with Crippen molar-refractivity contribution in [2.75, 3.05) is 30.9 Å². The van der Waals surface area contributed by atoms with E-state index in [1.54, 1.807) is 12.3 Å². The molecule has 9 heteroatoms. The Morgan fingerprint density at radius 2 is 2.04 bits per heavy atom. The molecule has 2 atom stereocenters. The summed E-state index contributed by atoms with van der Waals surface area (Å²) >= 11 is 6.14. The number of hydrogen-bond acceptors (Lipinski definition) is 7. The molecule has 0 radical (unpaired) electrons. The van der Waals surface area contributed by atoms with E-state index in [0.717, 1.165) is 36.5 Å². The van der Waals surface area contributed by atoms with Gasteiger partial charge in [0.05, 0.1) is 29.0 Å². The lowest BCUT2D eigenvalue weighted by atomic mass is 10.2. The first-order valence-electron chi connectivity index (χ1n) is 9.41. The van der Waals surface area contributed by atoms with E-state index in [1.807, 2.05) is 19.1 Å². The van der Waals surface area contributed by atoms with Gasteiger partial charge in [0.25, 0.3) is 0 Å². The third kappa shape index (κ3) is 4.29. The van der Waals surface area contributed by atoms with Crippen LogP contribution in [0.3, 0.4) is 0 Å². The molecule has 1 aliphatic heterocycles. The van der Waals surface area contributed by atoms with Crippen LogP contribution in [-0.2, 0) is 14.5 Å². The molecule has 1 unspecified atom stereocenters. The van der Waals surface area contributed by atoms with Gasteiger partial charge in [-0.15, -0.1) is 0 Å². The number of halogens is 1. The van der Waals surface area contributed by atoms with Crippen molar-refractivity contribution in [1.82, 2.24) is 15.0 Å². The van der Waals surface area contributed by atoms with Gasteiger partial charge in [-0.2, -0.15) is 4.36 Å². The Labute approximate surface area is 170 Å². The van der Waals surface area contributed by atoms with Gasteiger partial charge < -0.3 is 9.64 Å². The van der Waals surface area contributed by atoms with Crippen LogP contribution >= 0.6 is 11.6 Å². The molecule has 4 rings (SSSR count). The Balaban J connectivity index is 1.84. The van der Waals surface area contributed by atoms with Gasteiger partial charge >= 0.3 is 0 Å². The van der Waals surface area contributed by atoms with Crippen molar-refractivity contribution < 1.29 is 8.95 Å². The first kappa shape index (κ1) is 19.5. The third-order valence-corrected chi connectivity index (χ3v) is 7.41. The van der Waals surface area contributed by atoms with E-state index < -0.39 is 9.73 Å². The molecule has 0 spiro atoms. The summed E-state index contributed by atoms with van der Waals surface area (Å²) in [5.74, 6) is 1.72. The molecule has 0 amide bonds. The van der Waals surface area contributed by atoms with E-state index in [9.17, 15) is 4.21 Å². The van der Waals surface area contributed by atoms with Crippen molar-refractivity contribution in [3.8, 4) is 11.4 Å². The minimum absolute atomic E-state index is 0.161. The number of morpholine rings is 1. The molecule has 0 bridgehead atoms. The number of ether oxygens (including phenoxy) is 1. The van der Waals surface area contributed by atoms with Gasteiger partial charge in [0.2, 0.25) is 0 Å². The summed E-state index contributed by atoms with van der Waals surface area (Å²) in [5.41, 5.74) is 1.55. The lowest BCUT2D eigenvalue weighted by Gasteiger charge is -2.34. The average Bonchev–Trinajstić information content (AvgIpc) is 3.46. The molecule has 3 heterocycles. The van der Waals surface area contributed by atoms with E-state index in [0.29, 0.717) is 30.0 Å². The van der Waals surface area contributed by atoms with Gasteiger partial charge in [-0.05, 0) is 38.8 Å². The van der Waals surface area contributed by atoms with Crippen LogP contribution in [0.25, 0.3) is 11.4 Å². The average molecular weight is 422 g/mol. The Morgan fingerprint density at radius 1 is 1.25 bits per heavy atom. The minimum Gasteiger partial charge on any atom is -0.377 e. The second kappa shape index (κ2) is 7.57. The van der Waals surface area contributed by atoms with E-state index in [4.69, 9.17) is 21.3 Å². The van der Waals surface area contributed by atoms with Crippen LogP contribution in [0.5, 0.6) is 0 Å². The number of aromatic nitrogens is 3. The number of nitrogens with zero attached hydrogens (tertiary/aromatic N) is 5. The second-order valence-corrected chi connectivity index (χ2v) is 10.5. The Morgan fingerprint density at radius 3 is 2.71 bits per heavy atom. The van der Waals surface area contributed by atoms with Gasteiger partial charge in [0.1, 0.15) is 11.0 Å². The largest absolute Gasteiger partial charge is 0.377 e. The van der Waals surface area contributed by atoms with E-state index >= 15 is 0 Å². The van der Waals surface area contributed by atoms with Crippen LogP contribution in [0.1, 0.15) is 25.5 Å². The van der Waals surface area contributed by atoms with Gasteiger partial charge in [0.15, 0.2) is 11.6 Å². The predicted octanol–water partition coefficient (Wildman–Crippen LogP) is 3.62. The van der Waals surface area contributed by atoms with Crippen molar-refractivity contribution in [2.45, 2.75) is 38.0 Å². The lowest BCUT2D eigenvalue weighted by Crippen LogP contribution is -2.44. The zero-order valence-electron chi connectivity index (χ0n) is 16.3. The number of rotatable bonds is 4. The molecule has 7 nitrogen and oxygen atoms in total. The SMILES string of the molecule is Cc1cc(-c2nc(N=S(C)(=O)C3CC3)cc(N3CCOC[C@H]3C)n2)cc(Cl)n1. The van der Waals surface area contributed by atoms with Crippen LogP contribution < -0.4 is 4.90 Å². The summed E-state index contributed by atoms with van der Waals surface area (Å²) < 4.78 is 23.0. The Bertz CT molecular complexity index is 997. The standard InChI is InChI=1S/C19H24ClN5O2S/c1-12-8-14(9-16(20)21-12)19-22-17(24-28(3,26)15-4-5-15)10-18(23-19)25-6-7-27-11-13(25)2/h8-10,13,15H,4-7,11H2,1-3H3/t13-,28?/m1/s1. The zero-order valence-corrected chi connectivity index (χ0v) is 17.8. The first-order valence-corrected chi connectivity index (χ1v) is 11.8. The highest BCUT2D eigenvalue weighted by Crippen LogP contribution is 2.33. The number of hydrogen-bond donors (Lipinski definition) is 0. The Hall–Kier alpha value is -1.77. The van der Waals surface area contributed by atoms with Gasteiger partial charge in [0, 0.05) is 35.4 Å². The molecule has 1 saturated heterocycles. The van der Waals surface area contributed by atoms with Crippen LogP contribution in [0.4, 0.5) is 11.6 Å². The molecule has 0 N–H and O–H groups in total. The van der Waals surface area contributed by atoms with Crippen LogP contribution in [0, 0.1) is 6.92 Å². The normalized spacial score (nSPS) is 22.0. The number of aryl methyl sites for hydroxylation is 1. The summed E-state index contributed by atoms with van der Waals surface area (Å²) in [7, 11) is -2.31. The summed E-state index contributed by atoms with van der Waals surface area (Å²) in [4.78, 5) is 15.8. The fourth-order valence-electron chi connectivity index (χ4n) is 3.34. The molecule has 2 aromatic rings. The molecular weight excluding hydrogens is 398 g/mol. The topological polar surface area (TPSA) is 80.6 Å². The summed E-state index contributed by atoms with van der Waals surface area (Å²) in [6.07, 6.45) is 3.64. The molecule has 1 saturated carbocycles. The van der Waals surface area contributed by atoms with E-state index in [2.05, 4.69) is 26.2 Å². The molecule has 28 heavy (non-hydrogen) atoms. The monoisotopic (exact) mass is 421 g/mol. The fourth-order valence-corrected chi connectivity index (χ4v) is 5.21. The van der Waals surface area contributed by atoms with Gasteiger partial charge in [-0.25, -0.2) is 19.2 Å². The van der Waals surface area contributed by atoms with Crippen molar-refractivity contribution >= 4 is 33.0 Å². The molecule has 2 fully saturated rings. The predicted molar refractivity (Wildman–Crippen MR) is 112 cm³/mol. The molecule has 0 aromatic carbocycles. The lowest BCUT2D eigenvalue weighted by molar-refractivity contribution is 0.0985. The molecule has 2 aliphatic rings. The summed E-state index contributed by atoms with van der Waals surface area (Å²) in [5, 5.41) is 0.550. The highest BCUT2D eigenvalue weighted by atomic mass is 35.5. The maximum absolute atomic E-state index is 12.9. The van der Waals surface area contributed by atoms with Crippen LogP contribution in [-0.4, -0.2) is 56.5 Å². The summed E-state index contributed by atoms with van der Waals surface area (Å²) in [6.45, 7) is 5.98. The maximum Gasteiger partial charge on any atom is 0.167 e. The number of anilines is 1.